The van der Waals surface area contributed by atoms with E-state index in [1.165, 1.54) is 6.07 Å². The SMILES string of the molecule is CCNCc1cccc(F)c1OCCC(=O)NC1CC1. The zero-order valence-electron chi connectivity index (χ0n) is 11.7. The van der Waals surface area contributed by atoms with Crippen molar-refractivity contribution >= 4 is 5.91 Å². The molecule has 1 amide bonds. The lowest BCUT2D eigenvalue weighted by Gasteiger charge is -2.12. The second kappa shape index (κ2) is 7.24. The Labute approximate surface area is 118 Å². The molecule has 1 fully saturated rings. The van der Waals surface area contributed by atoms with Gasteiger partial charge in [0.25, 0.3) is 0 Å². The molecule has 110 valence electrons. The first-order valence-corrected chi connectivity index (χ1v) is 7.11. The molecule has 1 saturated carbocycles. The summed E-state index contributed by atoms with van der Waals surface area (Å²) >= 11 is 0. The molecule has 0 aliphatic heterocycles. The van der Waals surface area contributed by atoms with Crippen molar-refractivity contribution in [2.45, 2.75) is 38.8 Å². The Balaban J connectivity index is 1.85. The summed E-state index contributed by atoms with van der Waals surface area (Å²) in [5.74, 6) is -0.173. The third-order valence-electron chi connectivity index (χ3n) is 3.13. The van der Waals surface area contributed by atoms with Crippen molar-refractivity contribution in [1.82, 2.24) is 10.6 Å². The normalized spacial score (nSPS) is 14.1. The number of amides is 1. The number of nitrogens with one attached hydrogen (secondary N) is 2. The molecule has 1 aliphatic rings. The Hall–Kier alpha value is -1.62. The molecule has 1 aromatic rings. The lowest BCUT2D eigenvalue weighted by atomic mass is 10.2. The monoisotopic (exact) mass is 280 g/mol. The maximum atomic E-state index is 13.8. The zero-order valence-corrected chi connectivity index (χ0v) is 11.7. The quantitative estimate of drug-likeness (QED) is 0.765. The predicted molar refractivity (Wildman–Crippen MR) is 75.1 cm³/mol. The van der Waals surface area contributed by atoms with Crippen molar-refractivity contribution < 1.29 is 13.9 Å². The Morgan fingerprint density at radius 1 is 1.45 bits per heavy atom. The molecule has 20 heavy (non-hydrogen) atoms. The van der Waals surface area contributed by atoms with Gasteiger partial charge in [0.05, 0.1) is 13.0 Å². The van der Waals surface area contributed by atoms with Crippen LogP contribution in [0, 0.1) is 5.82 Å². The Bertz CT molecular complexity index is 461. The van der Waals surface area contributed by atoms with Crippen molar-refractivity contribution in [3.63, 3.8) is 0 Å². The molecule has 5 heteroatoms. The van der Waals surface area contributed by atoms with Gasteiger partial charge in [0.2, 0.25) is 5.91 Å². The van der Waals surface area contributed by atoms with Crippen LogP contribution in [0.2, 0.25) is 0 Å². The molecule has 0 atom stereocenters. The van der Waals surface area contributed by atoms with Gasteiger partial charge in [-0.15, -0.1) is 0 Å². The highest BCUT2D eigenvalue weighted by molar-refractivity contribution is 5.76. The topological polar surface area (TPSA) is 50.4 Å². The molecular weight excluding hydrogens is 259 g/mol. The molecule has 4 nitrogen and oxygen atoms in total. The molecule has 0 unspecified atom stereocenters. The maximum Gasteiger partial charge on any atom is 0.223 e. The lowest BCUT2D eigenvalue weighted by Crippen LogP contribution is -2.26. The number of ether oxygens (including phenoxy) is 1. The largest absolute Gasteiger partial charge is 0.490 e. The first-order chi connectivity index (χ1) is 9.70. The van der Waals surface area contributed by atoms with Gasteiger partial charge in [0, 0.05) is 18.2 Å². The number of hydrogen-bond acceptors (Lipinski definition) is 3. The van der Waals surface area contributed by atoms with Gasteiger partial charge in [-0.25, -0.2) is 4.39 Å². The second-order valence-corrected chi connectivity index (χ2v) is 4.95. The Morgan fingerprint density at radius 3 is 2.95 bits per heavy atom. The number of halogens is 1. The first-order valence-electron chi connectivity index (χ1n) is 7.11. The highest BCUT2D eigenvalue weighted by Gasteiger charge is 2.23. The van der Waals surface area contributed by atoms with Crippen LogP contribution in [0.4, 0.5) is 4.39 Å². The van der Waals surface area contributed by atoms with Crippen LogP contribution in [0.5, 0.6) is 5.75 Å². The van der Waals surface area contributed by atoms with Crippen molar-refractivity contribution in [1.29, 1.82) is 0 Å². The summed E-state index contributed by atoms with van der Waals surface area (Å²) in [7, 11) is 0. The highest BCUT2D eigenvalue weighted by atomic mass is 19.1. The molecule has 0 aromatic heterocycles. The average molecular weight is 280 g/mol. The van der Waals surface area contributed by atoms with Crippen LogP contribution in [-0.2, 0) is 11.3 Å². The van der Waals surface area contributed by atoms with E-state index in [0.29, 0.717) is 12.6 Å². The van der Waals surface area contributed by atoms with Gasteiger partial charge in [-0.1, -0.05) is 19.1 Å². The molecule has 0 spiro atoms. The van der Waals surface area contributed by atoms with E-state index >= 15 is 0 Å². The van der Waals surface area contributed by atoms with Gasteiger partial charge in [-0.2, -0.15) is 0 Å². The molecule has 2 N–H and O–H groups in total. The molecular formula is C15H21FN2O2. The van der Waals surface area contributed by atoms with Gasteiger partial charge in [0.15, 0.2) is 11.6 Å². The summed E-state index contributed by atoms with van der Waals surface area (Å²) in [4.78, 5) is 11.5. The number of benzene rings is 1. The fourth-order valence-corrected chi connectivity index (χ4v) is 1.89. The van der Waals surface area contributed by atoms with E-state index in [9.17, 15) is 9.18 Å². The lowest BCUT2D eigenvalue weighted by molar-refractivity contribution is -0.121. The number of para-hydroxylation sites is 1. The standard InChI is InChI=1S/C15H21FN2O2/c1-2-17-10-11-4-3-5-13(16)15(11)20-9-8-14(19)18-12-6-7-12/h3-5,12,17H,2,6-10H2,1H3,(H,18,19). The summed E-state index contributed by atoms with van der Waals surface area (Å²) in [6.45, 7) is 3.54. The fraction of sp³-hybridized carbons (Fsp3) is 0.533. The average Bonchev–Trinajstić information content (AvgIpc) is 3.22. The number of hydrogen-bond donors (Lipinski definition) is 2. The molecule has 2 rings (SSSR count). The Kier molecular flexibility index (Phi) is 5.35. The van der Waals surface area contributed by atoms with E-state index in [2.05, 4.69) is 10.6 Å². The van der Waals surface area contributed by atoms with Gasteiger partial charge in [-0.05, 0) is 25.5 Å². The van der Waals surface area contributed by atoms with Crippen LogP contribution in [0.3, 0.4) is 0 Å². The predicted octanol–water partition coefficient (Wildman–Crippen LogP) is 1.98. The van der Waals surface area contributed by atoms with Crippen LogP contribution < -0.4 is 15.4 Å². The third-order valence-corrected chi connectivity index (χ3v) is 3.13. The van der Waals surface area contributed by atoms with E-state index in [1.807, 2.05) is 13.0 Å². The van der Waals surface area contributed by atoms with Gasteiger partial charge < -0.3 is 15.4 Å². The van der Waals surface area contributed by atoms with Crippen molar-refractivity contribution in [2.24, 2.45) is 0 Å². The van der Waals surface area contributed by atoms with Gasteiger partial charge >= 0.3 is 0 Å². The van der Waals surface area contributed by atoms with E-state index in [1.54, 1.807) is 6.07 Å². The third kappa shape index (κ3) is 4.49. The summed E-state index contributed by atoms with van der Waals surface area (Å²) < 4.78 is 19.2. The molecule has 0 saturated heterocycles. The van der Waals surface area contributed by atoms with Crippen LogP contribution >= 0.6 is 0 Å². The fourth-order valence-electron chi connectivity index (χ4n) is 1.89. The minimum Gasteiger partial charge on any atom is -0.490 e. The molecule has 1 aromatic carbocycles. The van der Waals surface area contributed by atoms with Crippen molar-refractivity contribution in [3.05, 3.63) is 29.6 Å². The summed E-state index contributed by atoms with van der Waals surface area (Å²) in [5, 5.41) is 6.02. The van der Waals surface area contributed by atoms with Crippen LogP contribution in [0.25, 0.3) is 0 Å². The van der Waals surface area contributed by atoms with E-state index < -0.39 is 0 Å². The van der Waals surface area contributed by atoms with Crippen molar-refractivity contribution in [3.8, 4) is 5.75 Å². The summed E-state index contributed by atoms with van der Waals surface area (Å²) in [5.41, 5.74) is 0.773. The van der Waals surface area contributed by atoms with Crippen LogP contribution in [0.15, 0.2) is 18.2 Å². The summed E-state index contributed by atoms with van der Waals surface area (Å²) in [6, 6.07) is 5.20. The molecule has 1 aliphatic carbocycles. The number of rotatable bonds is 8. The number of carbonyl (C=O) groups excluding carboxylic acids is 1. The molecule has 0 bridgehead atoms. The smallest absolute Gasteiger partial charge is 0.223 e. The van der Waals surface area contributed by atoms with Gasteiger partial charge in [0.1, 0.15) is 0 Å². The van der Waals surface area contributed by atoms with Crippen LogP contribution in [0.1, 0.15) is 31.7 Å². The van der Waals surface area contributed by atoms with Gasteiger partial charge in [-0.3, -0.25) is 4.79 Å². The van der Waals surface area contributed by atoms with Crippen molar-refractivity contribution in [2.75, 3.05) is 13.2 Å². The Morgan fingerprint density at radius 2 is 2.25 bits per heavy atom. The molecule has 0 radical (unpaired) electrons. The second-order valence-electron chi connectivity index (χ2n) is 4.95. The van der Waals surface area contributed by atoms with E-state index in [4.69, 9.17) is 4.74 Å². The minimum atomic E-state index is -0.386. The van der Waals surface area contributed by atoms with Crippen LogP contribution in [-0.4, -0.2) is 25.1 Å². The molecule has 0 heterocycles. The van der Waals surface area contributed by atoms with E-state index in [-0.39, 0.29) is 30.5 Å². The highest BCUT2D eigenvalue weighted by Crippen LogP contribution is 2.23. The minimum absolute atomic E-state index is 0.0305. The number of carbonyl (C=O) groups is 1. The first kappa shape index (κ1) is 14.8. The maximum absolute atomic E-state index is 13.8. The van der Waals surface area contributed by atoms with E-state index in [0.717, 1.165) is 24.9 Å². The summed E-state index contributed by atoms with van der Waals surface area (Å²) in [6.07, 6.45) is 2.38. The zero-order chi connectivity index (χ0) is 14.4.